The standard InChI is InChI=1S/C37H42BrN3O6S2/c1-36(16-17-36)49(45,46)40-34(44)37-21-26(37)13-9-4-2-3-8-12-25(18-24-10-6-5-7-11-24)33(43)41-23-28(20-30(41)31(42)22-37)47-35-39-29-15-14-27(38)19-32(29)48-35/h5-7,9-11,13-15,19,25-26,28,30H,2-4,8,12,16-18,20-23H2,1H3,(H,40,44)/b13-9-/t25-,26+,28-,30+,37-/m1/s1. The Bertz CT molecular complexity index is 1890. The van der Waals surface area contributed by atoms with Crippen LogP contribution in [0, 0.1) is 17.3 Å². The third kappa shape index (κ3) is 7.23. The summed E-state index contributed by atoms with van der Waals surface area (Å²) in [5, 5.41) is 0.476. The van der Waals surface area contributed by atoms with Crippen LogP contribution in [-0.2, 0) is 30.8 Å². The van der Waals surface area contributed by atoms with Crippen LogP contribution in [0.5, 0.6) is 5.19 Å². The lowest BCUT2D eigenvalue weighted by molar-refractivity contribution is -0.142. The van der Waals surface area contributed by atoms with Gasteiger partial charge in [-0.05, 0) is 81.5 Å². The van der Waals surface area contributed by atoms with Crippen molar-refractivity contribution >= 4 is 65.1 Å². The van der Waals surface area contributed by atoms with Crippen LogP contribution in [0.2, 0.25) is 0 Å². The van der Waals surface area contributed by atoms with Gasteiger partial charge < -0.3 is 9.64 Å². The van der Waals surface area contributed by atoms with Crippen LogP contribution in [0.4, 0.5) is 0 Å². The Balaban J connectivity index is 1.18. The molecule has 5 atom stereocenters. The maximum Gasteiger partial charge on any atom is 0.274 e. The number of aromatic nitrogens is 1. The van der Waals surface area contributed by atoms with E-state index in [0.29, 0.717) is 37.3 Å². The van der Waals surface area contributed by atoms with Gasteiger partial charge in [-0.25, -0.2) is 13.4 Å². The van der Waals surface area contributed by atoms with Crippen LogP contribution in [0.3, 0.4) is 0 Å². The van der Waals surface area contributed by atoms with Gasteiger partial charge in [0.15, 0.2) is 5.78 Å². The average Bonchev–Trinajstić information content (AvgIpc) is 3.88. The molecule has 49 heavy (non-hydrogen) atoms. The Morgan fingerprint density at radius 2 is 1.92 bits per heavy atom. The summed E-state index contributed by atoms with van der Waals surface area (Å²) in [5.74, 6) is -1.48. The third-order valence-corrected chi connectivity index (χ3v) is 14.4. The molecule has 1 aromatic heterocycles. The van der Waals surface area contributed by atoms with Gasteiger partial charge in [-0.15, -0.1) is 0 Å². The van der Waals surface area contributed by atoms with E-state index in [1.807, 2.05) is 54.6 Å². The Kier molecular flexibility index (Phi) is 9.51. The highest BCUT2D eigenvalue weighted by Gasteiger charge is 2.62. The number of sulfonamides is 1. The smallest absolute Gasteiger partial charge is 0.274 e. The summed E-state index contributed by atoms with van der Waals surface area (Å²) >= 11 is 4.92. The molecule has 2 aliphatic carbocycles. The fraction of sp³-hybridized carbons (Fsp3) is 0.514. The molecule has 0 radical (unpaired) electrons. The SMILES string of the molecule is CC1(S(=O)(=O)NC(=O)[C@]23CC(=O)[C@@H]4C[C@@H](Oc5nc6ccc(Br)cc6s5)CN4C(=O)[C@@H](Cc4ccccc4)CCCCC/C=C\[C@H]2C3)CC1. The summed E-state index contributed by atoms with van der Waals surface area (Å²) < 4.78 is 35.9. The molecule has 9 nitrogen and oxygen atoms in total. The van der Waals surface area contributed by atoms with Crippen molar-refractivity contribution in [1.29, 1.82) is 0 Å². The fourth-order valence-corrected chi connectivity index (χ4v) is 10.2. The van der Waals surface area contributed by atoms with Crippen molar-refractivity contribution in [3.63, 3.8) is 0 Å². The molecule has 0 unspecified atom stereocenters. The predicted molar refractivity (Wildman–Crippen MR) is 193 cm³/mol. The number of hydrogen-bond acceptors (Lipinski definition) is 8. The first-order valence-corrected chi connectivity index (χ1v) is 20.4. The summed E-state index contributed by atoms with van der Waals surface area (Å²) in [4.78, 5) is 49.1. The largest absolute Gasteiger partial charge is 0.465 e. The highest BCUT2D eigenvalue weighted by atomic mass is 79.9. The van der Waals surface area contributed by atoms with Gasteiger partial charge in [0.05, 0.1) is 33.0 Å². The zero-order valence-corrected chi connectivity index (χ0v) is 30.8. The Morgan fingerprint density at radius 3 is 2.69 bits per heavy atom. The number of rotatable bonds is 7. The molecule has 3 heterocycles. The number of benzene rings is 2. The lowest BCUT2D eigenvalue weighted by Crippen LogP contribution is -2.47. The minimum absolute atomic E-state index is 0.0791. The molecule has 1 N–H and O–H groups in total. The van der Waals surface area contributed by atoms with Gasteiger partial charge in [0.2, 0.25) is 21.8 Å². The van der Waals surface area contributed by atoms with Crippen molar-refractivity contribution in [2.75, 3.05) is 6.54 Å². The highest BCUT2D eigenvalue weighted by molar-refractivity contribution is 9.10. The number of carbonyl (C=O) groups is 3. The molecule has 0 bridgehead atoms. The van der Waals surface area contributed by atoms with Gasteiger partial charge in [-0.2, -0.15) is 0 Å². The second kappa shape index (κ2) is 13.6. The number of Topliss-reactive ketones (excluding diaryl/α,β-unsaturated/α-hetero) is 1. The number of hydrogen-bond donors (Lipinski definition) is 1. The van der Waals surface area contributed by atoms with Crippen LogP contribution >= 0.6 is 27.3 Å². The van der Waals surface area contributed by atoms with Crippen molar-refractivity contribution in [2.45, 2.75) is 94.4 Å². The minimum Gasteiger partial charge on any atom is -0.465 e. The van der Waals surface area contributed by atoms with Crippen molar-refractivity contribution in [1.82, 2.24) is 14.6 Å². The molecule has 7 rings (SSSR count). The molecular formula is C37H42BrN3O6S2. The number of amides is 2. The highest BCUT2D eigenvalue weighted by Crippen LogP contribution is 2.57. The monoisotopic (exact) mass is 767 g/mol. The topological polar surface area (TPSA) is 123 Å². The number of nitrogens with zero attached hydrogens (tertiary/aromatic N) is 2. The van der Waals surface area contributed by atoms with E-state index in [1.54, 1.807) is 11.8 Å². The number of halogens is 1. The second-order valence-electron chi connectivity index (χ2n) is 14.5. The third-order valence-electron chi connectivity index (χ3n) is 10.9. The first-order valence-electron chi connectivity index (χ1n) is 17.3. The molecule has 2 amide bonds. The average molecular weight is 769 g/mol. The Morgan fingerprint density at radius 1 is 1.12 bits per heavy atom. The van der Waals surface area contributed by atoms with Crippen molar-refractivity contribution in [3.8, 4) is 5.19 Å². The molecule has 260 valence electrons. The van der Waals surface area contributed by atoms with Gasteiger partial charge >= 0.3 is 0 Å². The zero-order chi connectivity index (χ0) is 34.4. The Hall–Kier alpha value is -3.09. The lowest BCUT2D eigenvalue weighted by atomic mass is 9.90. The molecule has 2 aliphatic heterocycles. The second-order valence-corrected chi connectivity index (χ2v) is 18.6. The summed E-state index contributed by atoms with van der Waals surface area (Å²) in [6, 6.07) is 15.0. The van der Waals surface area contributed by atoms with Gasteiger partial charge in [-0.1, -0.05) is 82.6 Å². The molecule has 0 spiro atoms. The first kappa shape index (κ1) is 34.4. The van der Waals surface area contributed by atoms with Crippen LogP contribution < -0.4 is 9.46 Å². The summed E-state index contributed by atoms with van der Waals surface area (Å²) in [6.45, 7) is 1.87. The van der Waals surface area contributed by atoms with Crippen LogP contribution in [0.25, 0.3) is 10.2 Å². The minimum atomic E-state index is -3.88. The van der Waals surface area contributed by atoms with Crippen molar-refractivity contribution < 1.29 is 27.5 Å². The molecule has 4 aliphatic rings. The van der Waals surface area contributed by atoms with E-state index >= 15 is 0 Å². The molecule has 1 saturated heterocycles. The van der Waals surface area contributed by atoms with Crippen LogP contribution in [0.15, 0.2) is 65.2 Å². The van der Waals surface area contributed by atoms with Gasteiger partial charge in [-0.3, -0.25) is 19.1 Å². The number of thiazole rings is 1. The van der Waals surface area contributed by atoms with Gasteiger partial charge in [0, 0.05) is 23.2 Å². The van der Waals surface area contributed by atoms with Crippen LogP contribution in [-0.4, -0.2) is 59.3 Å². The van der Waals surface area contributed by atoms with Crippen molar-refractivity contribution in [2.24, 2.45) is 17.3 Å². The van der Waals surface area contributed by atoms with E-state index in [9.17, 15) is 22.8 Å². The van der Waals surface area contributed by atoms with E-state index in [2.05, 4.69) is 31.7 Å². The fourth-order valence-electron chi connectivity index (χ4n) is 7.39. The zero-order valence-electron chi connectivity index (χ0n) is 27.6. The van der Waals surface area contributed by atoms with E-state index in [4.69, 9.17) is 4.74 Å². The summed E-state index contributed by atoms with van der Waals surface area (Å²) in [5.41, 5.74) is 0.713. The number of ether oxygens (including phenoxy) is 1. The first-order chi connectivity index (χ1) is 23.5. The number of ketones is 1. The summed E-state index contributed by atoms with van der Waals surface area (Å²) in [7, 11) is -3.88. The normalized spacial score (nSPS) is 29.3. The quantitative estimate of drug-likeness (QED) is 0.264. The lowest BCUT2D eigenvalue weighted by Gasteiger charge is -2.29. The van der Waals surface area contributed by atoms with Gasteiger partial charge in [0.1, 0.15) is 6.10 Å². The molecule has 12 heteroatoms. The predicted octanol–water partition coefficient (Wildman–Crippen LogP) is 6.75. The van der Waals surface area contributed by atoms with E-state index < -0.39 is 38.2 Å². The number of nitrogens with one attached hydrogen (secondary N) is 1. The molecule has 2 saturated carbocycles. The van der Waals surface area contributed by atoms with Crippen molar-refractivity contribution in [3.05, 3.63) is 70.7 Å². The Labute approximate surface area is 300 Å². The molecule has 3 fully saturated rings. The number of fused-ring (bicyclic) bond motifs is 3. The van der Waals surface area contributed by atoms with E-state index in [0.717, 1.165) is 45.9 Å². The van der Waals surface area contributed by atoms with E-state index in [-0.39, 0.29) is 42.9 Å². The van der Waals surface area contributed by atoms with Gasteiger partial charge in [0.25, 0.3) is 5.19 Å². The number of allylic oxidation sites excluding steroid dienone is 2. The molecule has 2 aromatic carbocycles. The molecular weight excluding hydrogens is 726 g/mol. The molecule has 3 aromatic rings. The number of carbonyl (C=O) groups excluding carboxylic acids is 3. The maximum absolute atomic E-state index is 14.5. The maximum atomic E-state index is 14.5. The van der Waals surface area contributed by atoms with Crippen LogP contribution in [0.1, 0.15) is 76.7 Å². The summed E-state index contributed by atoms with van der Waals surface area (Å²) in [6.07, 6.45) is 10.0. The van der Waals surface area contributed by atoms with E-state index in [1.165, 1.54) is 11.3 Å².